The molecule has 2 aromatic carbocycles. The Balaban J connectivity index is 1.16. The minimum Gasteiger partial charge on any atom is -0.373 e. The first-order valence-electron chi connectivity index (χ1n) is 18.3. The number of ether oxygens (including phenoxy) is 3. The molecule has 2 saturated heterocycles. The van der Waals surface area contributed by atoms with Gasteiger partial charge in [-0.25, -0.2) is 0 Å². The highest BCUT2D eigenvalue weighted by atomic mass is 16.5. The number of Topliss-reactive ketones (excluding diaryl/α,β-unsaturated/α-hetero) is 1. The summed E-state index contributed by atoms with van der Waals surface area (Å²) in [5.74, 6) is 3.89. The predicted octanol–water partition coefficient (Wildman–Crippen LogP) is 9.20. The fourth-order valence-electron chi connectivity index (χ4n) is 11.5. The number of fused-ring (bicyclic) bond motifs is 2. The Bertz CT molecular complexity index is 1310. The van der Waals surface area contributed by atoms with E-state index in [1.807, 2.05) is 12.1 Å². The van der Waals surface area contributed by atoms with Gasteiger partial charge in [0.2, 0.25) is 0 Å². The highest BCUT2D eigenvalue weighted by molar-refractivity contribution is 5.95. The molecule has 45 heavy (non-hydrogen) atoms. The van der Waals surface area contributed by atoms with Crippen LogP contribution < -0.4 is 0 Å². The summed E-state index contributed by atoms with van der Waals surface area (Å²) in [5.41, 5.74) is 1.50. The first kappa shape index (κ1) is 31.6. The van der Waals surface area contributed by atoms with Gasteiger partial charge in [0.05, 0.1) is 25.9 Å². The summed E-state index contributed by atoms with van der Waals surface area (Å²) in [6.07, 6.45) is 11.3. The van der Waals surface area contributed by atoms with Crippen molar-refractivity contribution >= 4 is 5.78 Å². The Morgan fingerprint density at radius 1 is 0.844 bits per heavy atom. The van der Waals surface area contributed by atoms with Crippen molar-refractivity contribution in [1.82, 2.24) is 0 Å². The second-order valence-electron chi connectivity index (χ2n) is 16.3. The van der Waals surface area contributed by atoms with E-state index in [1.165, 1.54) is 50.5 Å². The molecule has 6 aliphatic rings. The molecular weight excluding hydrogens is 556 g/mol. The van der Waals surface area contributed by atoms with Gasteiger partial charge in [-0.05, 0) is 90.6 Å². The molecule has 4 saturated carbocycles. The monoisotopic (exact) mass is 612 g/mol. The van der Waals surface area contributed by atoms with Crippen molar-refractivity contribution in [3.8, 4) is 0 Å². The standard InChI is InChI=1S/C41H56O4/c1-28(2)12-11-13-29(3)33-18-19-34-36-35(21-22-39(33,34)4)40-23-20-32(43-25-30-14-7-5-8-15-30)24-41(40,38(42)37(36)44-27-40)45-26-31-16-9-6-10-17-31/h5-10,14-17,28-29,32-37H,11-13,18-27H2,1-4H3/t29-,32+,33-,34+,35+,36+,37-,39-,40+,41+/m1/s1. The van der Waals surface area contributed by atoms with Crippen molar-refractivity contribution in [1.29, 1.82) is 0 Å². The third kappa shape index (κ3) is 5.35. The van der Waals surface area contributed by atoms with Crippen LogP contribution >= 0.6 is 0 Å². The molecule has 10 atom stereocenters. The van der Waals surface area contributed by atoms with Gasteiger partial charge in [0.25, 0.3) is 0 Å². The Morgan fingerprint density at radius 3 is 2.27 bits per heavy atom. The molecule has 4 aliphatic carbocycles. The van der Waals surface area contributed by atoms with Gasteiger partial charge < -0.3 is 14.2 Å². The summed E-state index contributed by atoms with van der Waals surface area (Å²) >= 11 is 0. The van der Waals surface area contributed by atoms with Crippen molar-refractivity contribution in [2.75, 3.05) is 6.61 Å². The molecule has 8 rings (SSSR count). The maximum absolute atomic E-state index is 15.0. The molecule has 0 N–H and O–H groups in total. The molecule has 1 spiro atoms. The first-order valence-corrected chi connectivity index (χ1v) is 18.3. The van der Waals surface area contributed by atoms with Crippen LogP contribution in [0.2, 0.25) is 0 Å². The van der Waals surface area contributed by atoms with E-state index >= 15 is 4.79 Å². The Hall–Kier alpha value is -2.01. The highest BCUT2D eigenvalue weighted by Gasteiger charge is 2.76. The lowest BCUT2D eigenvalue weighted by atomic mass is 9.40. The summed E-state index contributed by atoms with van der Waals surface area (Å²) in [5, 5.41) is 0. The van der Waals surface area contributed by atoms with Gasteiger partial charge in [-0.3, -0.25) is 4.79 Å². The van der Waals surface area contributed by atoms with Gasteiger partial charge in [-0.2, -0.15) is 0 Å². The fraction of sp³-hybridized carbons (Fsp3) is 0.683. The summed E-state index contributed by atoms with van der Waals surface area (Å²) in [7, 11) is 0. The van der Waals surface area contributed by atoms with E-state index in [4.69, 9.17) is 14.2 Å². The topological polar surface area (TPSA) is 44.8 Å². The second-order valence-corrected chi connectivity index (χ2v) is 16.3. The van der Waals surface area contributed by atoms with Crippen LogP contribution in [-0.2, 0) is 32.2 Å². The quantitative estimate of drug-likeness (QED) is 0.254. The first-order chi connectivity index (χ1) is 21.8. The van der Waals surface area contributed by atoms with Crippen LogP contribution in [0.4, 0.5) is 0 Å². The van der Waals surface area contributed by atoms with E-state index in [-0.39, 0.29) is 23.4 Å². The molecule has 2 aliphatic heterocycles. The van der Waals surface area contributed by atoms with Crippen LogP contribution in [0.1, 0.15) is 103 Å². The van der Waals surface area contributed by atoms with Crippen molar-refractivity contribution in [2.45, 2.75) is 123 Å². The number of ketones is 1. The molecule has 0 amide bonds. The average molecular weight is 613 g/mol. The zero-order valence-corrected chi connectivity index (χ0v) is 28.2. The van der Waals surface area contributed by atoms with Gasteiger partial charge >= 0.3 is 0 Å². The van der Waals surface area contributed by atoms with Crippen LogP contribution in [0.25, 0.3) is 0 Å². The third-order valence-corrected chi connectivity index (χ3v) is 13.7. The minimum atomic E-state index is -0.845. The smallest absolute Gasteiger partial charge is 0.194 e. The number of hydrogen-bond acceptors (Lipinski definition) is 4. The SMILES string of the molecule is CC(C)CCC[C@@H](C)[C@H]1CC[C@H]2[C@@H]3[C@H]4OC[C@@]5(CC[C@H](OCc6ccccc6)C[C@]5(OCc5ccccc5)C4=O)[C@H]3CC[C@]12C. The number of hydrogen-bond donors (Lipinski definition) is 0. The minimum absolute atomic E-state index is 0.00441. The number of rotatable bonds is 11. The van der Waals surface area contributed by atoms with Crippen LogP contribution in [0.5, 0.6) is 0 Å². The Labute approximate surface area is 272 Å². The molecule has 0 aromatic heterocycles. The van der Waals surface area contributed by atoms with Crippen molar-refractivity contribution in [3.63, 3.8) is 0 Å². The highest BCUT2D eigenvalue weighted by Crippen LogP contribution is 2.71. The van der Waals surface area contributed by atoms with E-state index < -0.39 is 5.60 Å². The van der Waals surface area contributed by atoms with E-state index in [0.717, 1.165) is 36.2 Å². The van der Waals surface area contributed by atoms with Gasteiger partial charge in [-0.1, -0.05) is 108 Å². The summed E-state index contributed by atoms with van der Waals surface area (Å²) in [6.45, 7) is 11.5. The molecule has 4 heteroatoms. The normalized spacial score (nSPS) is 39.4. The molecule has 0 unspecified atom stereocenters. The van der Waals surface area contributed by atoms with Crippen molar-refractivity contribution in [3.05, 3.63) is 71.8 Å². The van der Waals surface area contributed by atoms with Crippen molar-refractivity contribution < 1.29 is 19.0 Å². The maximum atomic E-state index is 15.0. The number of carbonyl (C=O) groups excluding carboxylic acids is 1. The lowest BCUT2D eigenvalue weighted by molar-refractivity contribution is -0.310. The van der Waals surface area contributed by atoms with Crippen LogP contribution in [0.3, 0.4) is 0 Å². The van der Waals surface area contributed by atoms with Crippen molar-refractivity contribution in [2.24, 2.45) is 46.3 Å². The predicted molar refractivity (Wildman–Crippen MR) is 178 cm³/mol. The summed E-state index contributed by atoms with van der Waals surface area (Å²) < 4.78 is 20.4. The van der Waals surface area contributed by atoms with Crippen LogP contribution in [0, 0.1) is 46.3 Å². The van der Waals surface area contributed by atoms with E-state index in [2.05, 4.69) is 76.2 Å². The summed E-state index contributed by atoms with van der Waals surface area (Å²) in [4.78, 5) is 15.0. The molecule has 2 heterocycles. The zero-order chi connectivity index (χ0) is 31.2. The number of benzene rings is 2. The Kier molecular flexibility index (Phi) is 8.80. The lowest BCUT2D eigenvalue weighted by Crippen LogP contribution is -2.78. The largest absolute Gasteiger partial charge is 0.373 e. The second kappa shape index (κ2) is 12.5. The third-order valence-electron chi connectivity index (χ3n) is 13.7. The summed E-state index contributed by atoms with van der Waals surface area (Å²) in [6, 6.07) is 20.8. The molecule has 6 fully saturated rings. The molecular formula is C41H56O4. The Morgan fingerprint density at radius 2 is 1.56 bits per heavy atom. The van der Waals surface area contributed by atoms with Gasteiger partial charge in [0.1, 0.15) is 11.7 Å². The van der Waals surface area contributed by atoms with E-state index in [9.17, 15) is 0 Å². The molecule has 4 nitrogen and oxygen atoms in total. The van der Waals surface area contributed by atoms with E-state index in [1.54, 1.807) is 0 Å². The van der Waals surface area contributed by atoms with Crippen LogP contribution in [-0.4, -0.2) is 30.2 Å². The van der Waals surface area contributed by atoms with Gasteiger partial charge in [0.15, 0.2) is 5.78 Å². The van der Waals surface area contributed by atoms with Gasteiger partial charge in [0, 0.05) is 11.8 Å². The van der Waals surface area contributed by atoms with Crippen LogP contribution in [0.15, 0.2) is 60.7 Å². The molecule has 2 bridgehead atoms. The zero-order valence-electron chi connectivity index (χ0n) is 28.2. The fourth-order valence-corrected chi connectivity index (χ4v) is 11.5. The molecule has 2 aromatic rings. The van der Waals surface area contributed by atoms with E-state index in [0.29, 0.717) is 49.4 Å². The maximum Gasteiger partial charge on any atom is 0.194 e. The average Bonchev–Trinajstić information content (AvgIpc) is 3.41. The van der Waals surface area contributed by atoms with Gasteiger partial charge in [-0.15, -0.1) is 0 Å². The molecule has 0 radical (unpaired) electrons. The lowest BCUT2D eigenvalue weighted by Gasteiger charge is -2.70. The molecule has 244 valence electrons. The number of carbonyl (C=O) groups is 1.